The highest BCUT2D eigenvalue weighted by Crippen LogP contribution is 2.25. The van der Waals surface area contributed by atoms with Crippen molar-refractivity contribution in [2.24, 2.45) is 0 Å². The Bertz CT molecular complexity index is 365. The number of nitrogens with zero attached hydrogens (tertiary/aromatic N) is 1. The number of likely N-dealkylation sites (tertiary alicyclic amines) is 1. The van der Waals surface area contributed by atoms with E-state index < -0.39 is 0 Å². The molecular formula is C13H19ClN2. The molecular weight excluding hydrogens is 220 g/mol. The molecule has 1 aromatic rings. The van der Waals surface area contributed by atoms with Gasteiger partial charge < -0.3 is 10.2 Å². The number of nitrogens with one attached hydrogen (secondary N) is 1. The van der Waals surface area contributed by atoms with Crippen LogP contribution in [0.3, 0.4) is 0 Å². The van der Waals surface area contributed by atoms with E-state index in [2.05, 4.69) is 30.3 Å². The first-order valence-electron chi connectivity index (χ1n) is 5.86. The Labute approximate surface area is 103 Å². The van der Waals surface area contributed by atoms with Crippen molar-refractivity contribution in [3.05, 3.63) is 28.8 Å². The predicted molar refractivity (Wildman–Crippen MR) is 70.3 cm³/mol. The van der Waals surface area contributed by atoms with E-state index in [1.165, 1.54) is 24.9 Å². The number of hydrogen-bond acceptors (Lipinski definition) is 2. The third kappa shape index (κ3) is 2.89. The smallest absolute Gasteiger partial charge is 0.0637 e. The molecule has 1 aromatic carbocycles. The van der Waals surface area contributed by atoms with Crippen molar-refractivity contribution < 1.29 is 0 Å². The molecule has 0 spiro atoms. The van der Waals surface area contributed by atoms with E-state index >= 15 is 0 Å². The van der Waals surface area contributed by atoms with E-state index in [-0.39, 0.29) is 0 Å². The largest absolute Gasteiger partial charge is 0.380 e. The molecule has 1 saturated heterocycles. The van der Waals surface area contributed by atoms with Crippen molar-refractivity contribution in [3.63, 3.8) is 0 Å². The lowest BCUT2D eigenvalue weighted by molar-refractivity contribution is 0.261. The van der Waals surface area contributed by atoms with Crippen LogP contribution < -0.4 is 5.32 Å². The minimum atomic E-state index is 0.526. The molecule has 2 rings (SSSR count). The van der Waals surface area contributed by atoms with Gasteiger partial charge in [0.1, 0.15) is 0 Å². The minimum Gasteiger partial charge on any atom is -0.380 e. The number of aryl methyl sites for hydroxylation is 1. The van der Waals surface area contributed by atoms with Crippen molar-refractivity contribution >= 4 is 17.3 Å². The summed E-state index contributed by atoms with van der Waals surface area (Å²) >= 11 is 6.18. The van der Waals surface area contributed by atoms with E-state index in [0.717, 1.165) is 17.3 Å². The summed E-state index contributed by atoms with van der Waals surface area (Å²) in [7, 11) is 2.17. The Morgan fingerprint density at radius 1 is 1.44 bits per heavy atom. The van der Waals surface area contributed by atoms with Gasteiger partial charge in [0.05, 0.1) is 10.7 Å². The van der Waals surface area contributed by atoms with E-state index in [1.54, 1.807) is 0 Å². The van der Waals surface area contributed by atoms with Gasteiger partial charge in [-0.25, -0.2) is 0 Å². The van der Waals surface area contributed by atoms with Crippen molar-refractivity contribution in [2.45, 2.75) is 25.8 Å². The number of anilines is 1. The Hall–Kier alpha value is -0.730. The van der Waals surface area contributed by atoms with Gasteiger partial charge in [0.2, 0.25) is 0 Å². The summed E-state index contributed by atoms with van der Waals surface area (Å²) in [6.45, 7) is 4.40. The highest BCUT2D eigenvalue weighted by atomic mass is 35.5. The first-order chi connectivity index (χ1) is 7.65. The van der Waals surface area contributed by atoms with Crippen LogP contribution in [0.5, 0.6) is 0 Å². The number of likely N-dealkylation sites (N-methyl/N-ethyl adjacent to an activating group) is 1. The fraction of sp³-hybridized carbons (Fsp3) is 0.538. The average molecular weight is 239 g/mol. The third-order valence-electron chi connectivity index (χ3n) is 3.11. The molecule has 0 aliphatic carbocycles. The molecule has 1 unspecified atom stereocenters. The van der Waals surface area contributed by atoms with E-state index in [0.29, 0.717) is 6.04 Å². The second-order valence-corrected chi connectivity index (χ2v) is 5.14. The highest BCUT2D eigenvalue weighted by molar-refractivity contribution is 6.33. The lowest BCUT2D eigenvalue weighted by Gasteiger charge is -2.31. The maximum atomic E-state index is 6.18. The second kappa shape index (κ2) is 5.07. The SMILES string of the molecule is Cc1ccc(Cl)c(NC2CCCN(C)C2)c1. The number of hydrogen-bond donors (Lipinski definition) is 1. The van der Waals surface area contributed by atoms with Crippen LogP contribution in [-0.2, 0) is 0 Å². The molecule has 88 valence electrons. The van der Waals surface area contributed by atoms with Crippen LogP contribution in [-0.4, -0.2) is 31.1 Å². The van der Waals surface area contributed by atoms with Crippen molar-refractivity contribution in [1.29, 1.82) is 0 Å². The first-order valence-corrected chi connectivity index (χ1v) is 6.24. The summed E-state index contributed by atoms with van der Waals surface area (Å²) in [4.78, 5) is 2.37. The highest BCUT2D eigenvalue weighted by Gasteiger charge is 2.17. The third-order valence-corrected chi connectivity index (χ3v) is 3.44. The molecule has 16 heavy (non-hydrogen) atoms. The molecule has 1 heterocycles. The van der Waals surface area contributed by atoms with Crippen molar-refractivity contribution in [2.75, 3.05) is 25.5 Å². The lowest BCUT2D eigenvalue weighted by Crippen LogP contribution is -2.39. The van der Waals surface area contributed by atoms with Crippen LogP contribution in [0, 0.1) is 6.92 Å². The molecule has 0 aromatic heterocycles. The van der Waals surface area contributed by atoms with Crippen LogP contribution in [0.2, 0.25) is 5.02 Å². The predicted octanol–water partition coefficient (Wildman–Crippen LogP) is 3.15. The Morgan fingerprint density at radius 3 is 3.00 bits per heavy atom. The molecule has 1 fully saturated rings. The van der Waals surface area contributed by atoms with E-state index in [4.69, 9.17) is 11.6 Å². The van der Waals surface area contributed by atoms with Crippen molar-refractivity contribution in [3.8, 4) is 0 Å². The summed E-state index contributed by atoms with van der Waals surface area (Å²) in [5.41, 5.74) is 2.32. The monoisotopic (exact) mass is 238 g/mol. The van der Waals surface area contributed by atoms with Crippen LogP contribution in [0.25, 0.3) is 0 Å². The molecule has 3 heteroatoms. The van der Waals surface area contributed by atoms with Gasteiger partial charge in [0.25, 0.3) is 0 Å². The average Bonchev–Trinajstić information content (AvgIpc) is 2.24. The summed E-state index contributed by atoms with van der Waals surface area (Å²) in [5.74, 6) is 0. The molecule has 0 saturated carbocycles. The molecule has 1 N–H and O–H groups in total. The molecule has 1 aliphatic heterocycles. The molecule has 0 bridgehead atoms. The maximum absolute atomic E-state index is 6.18. The molecule has 0 radical (unpaired) electrons. The number of benzene rings is 1. The maximum Gasteiger partial charge on any atom is 0.0637 e. The zero-order valence-corrected chi connectivity index (χ0v) is 10.7. The lowest BCUT2D eigenvalue weighted by atomic mass is 10.1. The second-order valence-electron chi connectivity index (χ2n) is 4.73. The normalized spacial score (nSPS) is 22.1. The minimum absolute atomic E-state index is 0.526. The summed E-state index contributed by atoms with van der Waals surface area (Å²) in [5, 5.41) is 4.37. The van der Waals surface area contributed by atoms with Gasteiger partial charge in [0, 0.05) is 12.6 Å². The van der Waals surface area contributed by atoms with Crippen LogP contribution in [0.1, 0.15) is 18.4 Å². The van der Waals surface area contributed by atoms with Gasteiger partial charge in [-0.1, -0.05) is 17.7 Å². The number of piperidine rings is 1. The fourth-order valence-corrected chi connectivity index (χ4v) is 2.43. The number of halogens is 1. The summed E-state index contributed by atoms with van der Waals surface area (Å²) in [6, 6.07) is 6.65. The molecule has 2 nitrogen and oxygen atoms in total. The van der Waals surface area contributed by atoms with Gasteiger partial charge in [-0.05, 0) is 51.1 Å². The van der Waals surface area contributed by atoms with Gasteiger partial charge in [0.15, 0.2) is 0 Å². The topological polar surface area (TPSA) is 15.3 Å². The van der Waals surface area contributed by atoms with E-state index in [1.807, 2.05) is 12.1 Å². The van der Waals surface area contributed by atoms with Crippen LogP contribution >= 0.6 is 11.6 Å². The van der Waals surface area contributed by atoms with E-state index in [9.17, 15) is 0 Å². The summed E-state index contributed by atoms with van der Waals surface area (Å²) < 4.78 is 0. The number of rotatable bonds is 2. The molecule has 1 aliphatic rings. The summed E-state index contributed by atoms with van der Waals surface area (Å²) in [6.07, 6.45) is 2.49. The van der Waals surface area contributed by atoms with Gasteiger partial charge in [-0.2, -0.15) is 0 Å². The molecule has 1 atom stereocenters. The molecule has 0 amide bonds. The van der Waals surface area contributed by atoms with Gasteiger partial charge >= 0.3 is 0 Å². The van der Waals surface area contributed by atoms with Crippen LogP contribution in [0.4, 0.5) is 5.69 Å². The van der Waals surface area contributed by atoms with Gasteiger partial charge in [-0.15, -0.1) is 0 Å². The standard InChI is InChI=1S/C13H19ClN2/c1-10-5-6-12(14)13(8-10)15-11-4-3-7-16(2)9-11/h5-6,8,11,15H,3-4,7,9H2,1-2H3. The zero-order chi connectivity index (χ0) is 11.5. The van der Waals surface area contributed by atoms with Gasteiger partial charge in [-0.3, -0.25) is 0 Å². The fourth-order valence-electron chi connectivity index (χ4n) is 2.25. The Balaban J connectivity index is 2.05. The quantitative estimate of drug-likeness (QED) is 0.852. The van der Waals surface area contributed by atoms with Crippen molar-refractivity contribution in [1.82, 2.24) is 4.90 Å². The zero-order valence-electron chi connectivity index (χ0n) is 9.96. The Morgan fingerprint density at radius 2 is 2.25 bits per heavy atom. The first kappa shape index (κ1) is 11.7. The Kier molecular flexibility index (Phi) is 3.72. The van der Waals surface area contributed by atoms with Crippen LogP contribution in [0.15, 0.2) is 18.2 Å².